The summed E-state index contributed by atoms with van der Waals surface area (Å²) in [4.78, 5) is 25.3. The Labute approximate surface area is 107 Å². The van der Waals surface area contributed by atoms with Crippen LogP contribution in [0.1, 0.15) is 19.8 Å². The summed E-state index contributed by atoms with van der Waals surface area (Å²) in [6, 6.07) is -0.374. The fraction of sp³-hybridized carbons (Fsp3) is 0.833. The van der Waals surface area contributed by atoms with Crippen molar-refractivity contribution in [3.05, 3.63) is 0 Å². The van der Waals surface area contributed by atoms with Crippen LogP contribution in [0.15, 0.2) is 0 Å². The lowest BCUT2D eigenvalue weighted by atomic mass is 10.1. The molecule has 2 saturated heterocycles. The molecule has 0 radical (unpaired) electrons. The van der Waals surface area contributed by atoms with Crippen molar-refractivity contribution in [3.63, 3.8) is 0 Å². The van der Waals surface area contributed by atoms with Gasteiger partial charge in [-0.2, -0.15) is 0 Å². The largest absolute Gasteiger partial charge is 0.376 e. The predicted octanol–water partition coefficient (Wildman–Crippen LogP) is -0.471. The molecular formula is C12H20N2O4. The first-order chi connectivity index (χ1) is 8.70. The summed E-state index contributed by atoms with van der Waals surface area (Å²) in [6.07, 6.45) is 1.44. The second-order valence-electron chi connectivity index (χ2n) is 4.70. The Morgan fingerprint density at radius 1 is 1.39 bits per heavy atom. The van der Waals surface area contributed by atoms with Crippen LogP contribution in [-0.4, -0.2) is 61.8 Å². The number of nitrogens with zero attached hydrogens (tertiary/aromatic N) is 1. The highest BCUT2D eigenvalue weighted by molar-refractivity contribution is 5.94. The zero-order valence-electron chi connectivity index (χ0n) is 10.7. The molecule has 0 aliphatic carbocycles. The van der Waals surface area contributed by atoms with Crippen LogP contribution in [0.3, 0.4) is 0 Å². The molecule has 6 nitrogen and oxygen atoms in total. The zero-order valence-corrected chi connectivity index (χ0v) is 10.7. The van der Waals surface area contributed by atoms with Gasteiger partial charge in [0.15, 0.2) is 0 Å². The summed E-state index contributed by atoms with van der Waals surface area (Å²) in [6.45, 7) is 4.20. The second kappa shape index (κ2) is 6.15. The zero-order chi connectivity index (χ0) is 13.0. The Bertz CT molecular complexity index is 315. The van der Waals surface area contributed by atoms with Crippen molar-refractivity contribution in [2.75, 3.05) is 32.9 Å². The van der Waals surface area contributed by atoms with Crippen LogP contribution in [0, 0.1) is 0 Å². The quantitative estimate of drug-likeness (QED) is 0.738. The molecule has 0 spiro atoms. The maximum Gasteiger partial charge on any atom is 0.245 e. The average Bonchev–Trinajstić information content (AvgIpc) is 2.36. The number of carbonyl (C=O) groups is 2. The molecule has 18 heavy (non-hydrogen) atoms. The summed E-state index contributed by atoms with van der Waals surface area (Å²) in [5.74, 6) is -0.101. The minimum absolute atomic E-state index is 0.00868. The van der Waals surface area contributed by atoms with Gasteiger partial charge >= 0.3 is 0 Å². The molecule has 2 atom stereocenters. The molecule has 0 aromatic carbocycles. The molecule has 2 amide bonds. The molecule has 2 aliphatic heterocycles. The Balaban J connectivity index is 1.92. The number of carbonyl (C=O) groups excluding carboxylic acids is 2. The van der Waals surface area contributed by atoms with E-state index in [0.29, 0.717) is 32.8 Å². The molecule has 2 fully saturated rings. The minimum atomic E-state index is -0.374. The lowest BCUT2D eigenvalue weighted by molar-refractivity contribution is -0.150. The first-order valence-electron chi connectivity index (χ1n) is 6.48. The van der Waals surface area contributed by atoms with Crippen LogP contribution < -0.4 is 5.32 Å². The highest BCUT2D eigenvalue weighted by Gasteiger charge is 2.33. The number of ether oxygens (including phenoxy) is 2. The van der Waals surface area contributed by atoms with Gasteiger partial charge in [-0.3, -0.25) is 9.59 Å². The second-order valence-corrected chi connectivity index (χ2v) is 4.70. The molecular weight excluding hydrogens is 236 g/mol. The third-order valence-corrected chi connectivity index (χ3v) is 3.17. The van der Waals surface area contributed by atoms with E-state index in [4.69, 9.17) is 9.47 Å². The maximum absolute atomic E-state index is 12.1. The molecule has 2 rings (SSSR count). The first-order valence-corrected chi connectivity index (χ1v) is 6.48. The van der Waals surface area contributed by atoms with Gasteiger partial charge < -0.3 is 19.7 Å². The average molecular weight is 256 g/mol. The first kappa shape index (κ1) is 13.3. The Hall–Kier alpha value is -1.14. The molecule has 2 unspecified atom stereocenters. The normalized spacial score (nSPS) is 29.3. The number of hydrogen-bond donors (Lipinski definition) is 1. The van der Waals surface area contributed by atoms with Crippen molar-refractivity contribution in [1.82, 2.24) is 10.2 Å². The fourth-order valence-corrected chi connectivity index (χ4v) is 2.30. The third-order valence-electron chi connectivity index (χ3n) is 3.17. The molecule has 2 aliphatic rings. The Morgan fingerprint density at radius 3 is 2.89 bits per heavy atom. The van der Waals surface area contributed by atoms with E-state index in [1.165, 1.54) is 0 Å². The number of hydrogen-bond acceptors (Lipinski definition) is 4. The van der Waals surface area contributed by atoms with E-state index in [1.54, 1.807) is 4.90 Å². The van der Waals surface area contributed by atoms with Crippen molar-refractivity contribution in [2.24, 2.45) is 0 Å². The van der Waals surface area contributed by atoms with Crippen molar-refractivity contribution in [1.29, 1.82) is 0 Å². The van der Waals surface area contributed by atoms with Gasteiger partial charge in [0.1, 0.15) is 6.04 Å². The van der Waals surface area contributed by atoms with Gasteiger partial charge in [-0.25, -0.2) is 0 Å². The SMILES string of the molecule is CCCC1NC(=O)CN(CC2COCCO2)C1=O. The van der Waals surface area contributed by atoms with Crippen LogP contribution in [-0.2, 0) is 19.1 Å². The Kier molecular flexibility index (Phi) is 4.54. The molecule has 102 valence electrons. The molecule has 0 saturated carbocycles. The van der Waals surface area contributed by atoms with Gasteiger partial charge in [0, 0.05) is 6.54 Å². The summed E-state index contributed by atoms with van der Waals surface area (Å²) < 4.78 is 10.8. The minimum Gasteiger partial charge on any atom is -0.376 e. The fourth-order valence-electron chi connectivity index (χ4n) is 2.30. The smallest absolute Gasteiger partial charge is 0.245 e. The van der Waals surface area contributed by atoms with Crippen LogP contribution in [0.2, 0.25) is 0 Å². The van der Waals surface area contributed by atoms with Gasteiger partial charge in [-0.05, 0) is 6.42 Å². The number of rotatable bonds is 4. The van der Waals surface area contributed by atoms with Gasteiger partial charge in [-0.1, -0.05) is 13.3 Å². The number of nitrogens with one attached hydrogen (secondary N) is 1. The standard InChI is InChI=1S/C12H20N2O4/c1-2-3-10-12(16)14(7-11(15)13-10)6-9-8-17-4-5-18-9/h9-10H,2-8H2,1H3,(H,13,15). The van der Waals surface area contributed by atoms with Crippen LogP contribution in [0.25, 0.3) is 0 Å². The third kappa shape index (κ3) is 3.20. The van der Waals surface area contributed by atoms with Crippen molar-refractivity contribution in [2.45, 2.75) is 31.9 Å². The van der Waals surface area contributed by atoms with E-state index < -0.39 is 0 Å². The van der Waals surface area contributed by atoms with E-state index in [0.717, 1.165) is 6.42 Å². The maximum atomic E-state index is 12.1. The summed E-state index contributed by atoms with van der Waals surface area (Å²) in [5, 5.41) is 2.73. The highest BCUT2D eigenvalue weighted by Crippen LogP contribution is 2.11. The summed E-state index contributed by atoms with van der Waals surface area (Å²) in [5.41, 5.74) is 0. The topological polar surface area (TPSA) is 67.9 Å². The van der Waals surface area contributed by atoms with Crippen molar-refractivity contribution >= 4 is 11.8 Å². The van der Waals surface area contributed by atoms with Crippen LogP contribution in [0.5, 0.6) is 0 Å². The molecule has 1 N–H and O–H groups in total. The van der Waals surface area contributed by atoms with E-state index in [-0.39, 0.29) is 30.5 Å². The molecule has 0 aromatic heterocycles. The van der Waals surface area contributed by atoms with E-state index >= 15 is 0 Å². The predicted molar refractivity (Wildman–Crippen MR) is 64.0 cm³/mol. The number of amides is 2. The van der Waals surface area contributed by atoms with Crippen molar-refractivity contribution < 1.29 is 19.1 Å². The number of piperazine rings is 1. The van der Waals surface area contributed by atoms with Crippen LogP contribution in [0.4, 0.5) is 0 Å². The van der Waals surface area contributed by atoms with Crippen LogP contribution >= 0.6 is 0 Å². The summed E-state index contributed by atoms with van der Waals surface area (Å²) in [7, 11) is 0. The Morgan fingerprint density at radius 2 is 2.22 bits per heavy atom. The molecule has 0 bridgehead atoms. The van der Waals surface area contributed by atoms with Crippen molar-refractivity contribution in [3.8, 4) is 0 Å². The van der Waals surface area contributed by atoms with Gasteiger partial charge in [-0.15, -0.1) is 0 Å². The van der Waals surface area contributed by atoms with E-state index in [2.05, 4.69) is 5.32 Å². The lowest BCUT2D eigenvalue weighted by Crippen LogP contribution is -2.59. The monoisotopic (exact) mass is 256 g/mol. The van der Waals surface area contributed by atoms with Gasteiger partial charge in [0.05, 0.1) is 32.5 Å². The lowest BCUT2D eigenvalue weighted by Gasteiger charge is -2.35. The molecule has 6 heteroatoms. The van der Waals surface area contributed by atoms with Gasteiger partial charge in [0.2, 0.25) is 11.8 Å². The highest BCUT2D eigenvalue weighted by atomic mass is 16.6. The van der Waals surface area contributed by atoms with E-state index in [9.17, 15) is 9.59 Å². The molecule has 2 heterocycles. The van der Waals surface area contributed by atoms with E-state index in [1.807, 2.05) is 6.92 Å². The summed E-state index contributed by atoms with van der Waals surface area (Å²) >= 11 is 0. The van der Waals surface area contributed by atoms with Gasteiger partial charge in [0.25, 0.3) is 0 Å². The molecule has 0 aromatic rings.